The number of Topliss-reactive ketones (excluding diaryl/α,β-unsaturated/α-hetero) is 2. The third-order valence-electron chi connectivity index (χ3n) is 7.22. The maximum absolute atomic E-state index is 15.5. The molecule has 0 unspecified atom stereocenters. The van der Waals surface area contributed by atoms with Gasteiger partial charge in [0, 0.05) is 43.1 Å². The highest BCUT2D eigenvalue weighted by Gasteiger charge is 2.33. The summed E-state index contributed by atoms with van der Waals surface area (Å²) in [7, 11) is 4.85. The molecule has 0 aliphatic heterocycles. The van der Waals surface area contributed by atoms with Crippen molar-refractivity contribution in [3.05, 3.63) is 88.2 Å². The van der Waals surface area contributed by atoms with Gasteiger partial charge in [0.05, 0.1) is 26.9 Å². The Morgan fingerprint density at radius 1 is 0.884 bits per heavy atom. The first-order valence-corrected chi connectivity index (χ1v) is 15.2. The molecule has 0 spiro atoms. The van der Waals surface area contributed by atoms with E-state index in [1.807, 2.05) is 49.6 Å². The number of amidine groups is 1. The minimum atomic E-state index is -1.22. The van der Waals surface area contributed by atoms with Crippen LogP contribution < -0.4 is 14.2 Å². The second-order valence-corrected chi connectivity index (χ2v) is 11.5. The van der Waals surface area contributed by atoms with Crippen LogP contribution in [0, 0.1) is 12.7 Å². The number of halogens is 1. The Balaban J connectivity index is 2.19. The van der Waals surface area contributed by atoms with Crippen molar-refractivity contribution in [2.75, 3.05) is 27.6 Å². The zero-order chi connectivity index (χ0) is 31.7. The number of thioether (sulfide) groups is 1. The molecule has 0 aliphatic carbocycles. The molecule has 7 nitrogen and oxygen atoms in total. The van der Waals surface area contributed by atoms with E-state index in [1.54, 1.807) is 40.4 Å². The molecule has 0 amide bonds. The predicted octanol–water partition coefficient (Wildman–Crippen LogP) is 6.91. The quantitative estimate of drug-likeness (QED) is 0.154. The van der Waals surface area contributed by atoms with Crippen molar-refractivity contribution in [1.82, 2.24) is 4.90 Å². The molecule has 0 radical (unpaired) electrons. The molecular weight excluding hydrogens is 567 g/mol. The molecule has 3 aromatic rings. The van der Waals surface area contributed by atoms with Gasteiger partial charge < -0.3 is 19.1 Å². The lowest BCUT2D eigenvalue weighted by Crippen LogP contribution is -2.33. The van der Waals surface area contributed by atoms with E-state index >= 15 is 4.39 Å². The average Bonchev–Trinajstić information content (AvgIpc) is 2.96. The first-order valence-electron chi connectivity index (χ1n) is 13.9. The third kappa shape index (κ3) is 8.83. The van der Waals surface area contributed by atoms with Crippen LogP contribution in [0.5, 0.6) is 17.2 Å². The summed E-state index contributed by atoms with van der Waals surface area (Å²) in [4.78, 5) is 31.6. The highest BCUT2D eigenvalue weighted by molar-refractivity contribution is 8.13. The lowest BCUT2D eigenvalue weighted by molar-refractivity contribution is -0.118. The van der Waals surface area contributed by atoms with E-state index in [2.05, 4.69) is 4.90 Å². The summed E-state index contributed by atoms with van der Waals surface area (Å²) in [5, 5.41) is 0.619. The second kappa shape index (κ2) is 15.0. The summed E-state index contributed by atoms with van der Waals surface area (Å²) in [5.41, 5.74) is 2.72. The average molecular weight is 609 g/mol. The minimum Gasteiger partial charge on any atom is -0.497 e. The SMILES string of the molecule is COc1ccc(CN(Cc2ccc(OC)cc2OC)C(=N[C@@](C)(CC(C)=O)c2cc(CC(C)=O)ccc2F)SC)c(C)c1. The van der Waals surface area contributed by atoms with Crippen molar-refractivity contribution < 1.29 is 28.2 Å². The number of aryl methyl sites for hydroxylation is 1. The molecule has 230 valence electrons. The molecule has 0 N–H and O–H groups in total. The van der Waals surface area contributed by atoms with Crippen LogP contribution in [0.15, 0.2) is 59.6 Å². The zero-order valence-electron chi connectivity index (χ0n) is 26.2. The molecule has 43 heavy (non-hydrogen) atoms. The van der Waals surface area contributed by atoms with Crippen LogP contribution in [0.1, 0.15) is 55.0 Å². The van der Waals surface area contributed by atoms with Gasteiger partial charge in [-0.2, -0.15) is 0 Å². The number of carbonyl (C=O) groups is 2. The Bertz CT molecular complexity index is 1490. The topological polar surface area (TPSA) is 77.4 Å². The molecule has 3 rings (SSSR count). The summed E-state index contributed by atoms with van der Waals surface area (Å²) in [6, 6.07) is 16.2. The molecule has 0 aliphatic rings. The fourth-order valence-electron chi connectivity index (χ4n) is 5.08. The van der Waals surface area contributed by atoms with Crippen LogP contribution in [-0.2, 0) is 34.6 Å². The molecule has 0 heterocycles. The maximum atomic E-state index is 15.5. The fourth-order valence-corrected chi connectivity index (χ4v) is 5.76. The molecule has 0 aromatic heterocycles. The number of ketones is 2. The van der Waals surface area contributed by atoms with E-state index < -0.39 is 11.4 Å². The smallest absolute Gasteiger partial charge is 0.160 e. The summed E-state index contributed by atoms with van der Waals surface area (Å²) >= 11 is 1.42. The van der Waals surface area contributed by atoms with Crippen molar-refractivity contribution in [2.24, 2.45) is 4.99 Å². The van der Waals surface area contributed by atoms with Crippen molar-refractivity contribution in [1.29, 1.82) is 0 Å². The van der Waals surface area contributed by atoms with Gasteiger partial charge in [-0.1, -0.05) is 23.9 Å². The lowest BCUT2D eigenvalue weighted by atomic mass is 9.86. The highest BCUT2D eigenvalue weighted by atomic mass is 32.2. The number of benzene rings is 3. The van der Waals surface area contributed by atoms with Crippen LogP contribution in [-0.4, -0.2) is 49.2 Å². The van der Waals surface area contributed by atoms with E-state index in [9.17, 15) is 9.59 Å². The molecule has 0 bridgehead atoms. The van der Waals surface area contributed by atoms with Crippen LogP contribution in [0.2, 0.25) is 0 Å². The van der Waals surface area contributed by atoms with Crippen LogP contribution in [0.4, 0.5) is 4.39 Å². The number of carbonyl (C=O) groups excluding carboxylic acids is 2. The zero-order valence-corrected chi connectivity index (χ0v) is 27.1. The number of hydrogen-bond acceptors (Lipinski definition) is 7. The number of hydrogen-bond donors (Lipinski definition) is 0. The second-order valence-electron chi connectivity index (χ2n) is 10.8. The Labute approximate surface area is 258 Å². The Hall–Kier alpha value is -3.85. The van der Waals surface area contributed by atoms with Gasteiger partial charge in [0.15, 0.2) is 5.17 Å². The number of nitrogens with zero attached hydrogens (tertiary/aromatic N) is 2. The monoisotopic (exact) mass is 608 g/mol. The number of aliphatic imine (C=N–C) groups is 1. The van der Waals surface area contributed by atoms with Crippen LogP contribution in [0.3, 0.4) is 0 Å². The summed E-state index contributed by atoms with van der Waals surface area (Å²) in [6.45, 7) is 7.66. The first-order chi connectivity index (χ1) is 20.4. The van der Waals surface area contributed by atoms with E-state index in [-0.39, 0.29) is 30.0 Å². The van der Waals surface area contributed by atoms with Crippen molar-refractivity contribution in [3.63, 3.8) is 0 Å². The molecule has 1 atom stereocenters. The molecule has 0 saturated carbocycles. The van der Waals surface area contributed by atoms with E-state index in [0.29, 0.717) is 35.3 Å². The molecule has 0 saturated heterocycles. The third-order valence-corrected chi connectivity index (χ3v) is 7.93. The van der Waals surface area contributed by atoms with E-state index in [4.69, 9.17) is 19.2 Å². The Kier molecular flexibility index (Phi) is 11.8. The van der Waals surface area contributed by atoms with E-state index in [1.165, 1.54) is 31.7 Å². The van der Waals surface area contributed by atoms with Crippen molar-refractivity contribution in [2.45, 2.75) is 59.2 Å². The van der Waals surface area contributed by atoms with Gasteiger partial charge in [-0.05, 0) is 87.0 Å². The fraction of sp³-hybridized carbons (Fsp3) is 0.382. The molecule has 0 fully saturated rings. The van der Waals surface area contributed by atoms with E-state index in [0.717, 1.165) is 22.4 Å². The molecule has 9 heteroatoms. The van der Waals surface area contributed by atoms with Gasteiger partial charge in [-0.15, -0.1) is 0 Å². The number of ether oxygens (including phenoxy) is 3. The van der Waals surface area contributed by atoms with Crippen molar-refractivity contribution >= 4 is 28.5 Å². The Morgan fingerprint density at radius 3 is 2.07 bits per heavy atom. The normalized spacial score (nSPS) is 12.8. The lowest BCUT2D eigenvalue weighted by Gasteiger charge is -2.32. The van der Waals surface area contributed by atoms with Gasteiger partial charge in [0.2, 0.25) is 0 Å². The van der Waals surface area contributed by atoms with Gasteiger partial charge in [0.1, 0.15) is 34.6 Å². The molecule has 3 aromatic carbocycles. The standard InChI is InChI=1S/C34H41FN2O5S/c1-22-15-28(40-5)12-10-26(22)20-37(21-27-11-13-29(41-6)18-32(27)42-7)33(43-8)36-34(4,19-24(3)39)30-17-25(16-23(2)38)9-14-31(30)35/h9-15,17-18H,16,19-21H2,1-8H3/t34-/m0/s1. The summed E-state index contributed by atoms with van der Waals surface area (Å²) in [5.74, 6) is 1.46. The predicted molar refractivity (Wildman–Crippen MR) is 171 cm³/mol. The van der Waals surface area contributed by atoms with Gasteiger partial charge in [-0.3, -0.25) is 14.6 Å². The van der Waals surface area contributed by atoms with Gasteiger partial charge in [-0.25, -0.2) is 4.39 Å². The summed E-state index contributed by atoms with van der Waals surface area (Å²) in [6.07, 6.45) is 2.07. The molecular formula is C34H41FN2O5S. The largest absolute Gasteiger partial charge is 0.497 e. The number of rotatable bonds is 13. The maximum Gasteiger partial charge on any atom is 0.160 e. The van der Waals surface area contributed by atoms with Crippen molar-refractivity contribution in [3.8, 4) is 17.2 Å². The number of methoxy groups -OCH3 is 3. The first kappa shape index (κ1) is 33.6. The highest BCUT2D eigenvalue weighted by Crippen LogP contribution is 2.35. The summed E-state index contributed by atoms with van der Waals surface area (Å²) < 4.78 is 32.0. The Morgan fingerprint density at radius 2 is 1.51 bits per heavy atom. The van der Waals surface area contributed by atoms with Crippen LogP contribution in [0.25, 0.3) is 0 Å². The van der Waals surface area contributed by atoms with Crippen LogP contribution >= 0.6 is 11.8 Å². The minimum absolute atomic E-state index is 0.0151. The van der Waals surface area contributed by atoms with Gasteiger partial charge in [0.25, 0.3) is 0 Å². The van der Waals surface area contributed by atoms with Gasteiger partial charge >= 0.3 is 0 Å².